The van der Waals surface area contributed by atoms with Gasteiger partial charge in [-0.1, -0.05) is 0 Å². The predicted molar refractivity (Wildman–Crippen MR) is 26.3 cm³/mol. The summed E-state index contributed by atoms with van der Waals surface area (Å²) in [5, 5.41) is 7.86. The third kappa shape index (κ3) is 6.43. The monoisotopic (exact) mass is 114 g/mol. The van der Waals surface area contributed by atoms with Gasteiger partial charge in [0, 0.05) is 0 Å². The molecule has 4 heteroatoms. The fraction of sp³-hybridized carbons (Fsp3) is 0.667. The molecule has 0 fully saturated rings. The van der Waals surface area contributed by atoms with Crippen LogP contribution in [-0.4, -0.2) is 54.3 Å². The molecular weight excluding hydrogens is 107 g/mol. The summed E-state index contributed by atoms with van der Waals surface area (Å²) in [4.78, 5) is 9.71. The molecule has 0 aromatic heterocycles. The van der Waals surface area contributed by atoms with E-state index >= 15 is 0 Å². The fourth-order valence-corrected chi connectivity index (χ4v) is 0.0645. The maximum atomic E-state index is 9.71. The summed E-state index contributed by atoms with van der Waals surface area (Å²) >= 11 is 0. The average molecular weight is 114 g/mol. The van der Waals surface area contributed by atoms with Gasteiger partial charge in [-0.2, -0.15) is 0 Å². The van der Waals surface area contributed by atoms with Crippen molar-refractivity contribution in [2.45, 2.75) is 0 Å². The second kappa shape index (κ2) is 6.43. The van der Waals surface area contributed by atoms with Crippen LogP contribution in [0, 0.1) is 0 Å². The number of rotatable bonds is 1. The summed E-state index contributed by atoms with van der Waals surface area (Å²) < 4.78 is 4.01. The van der Waals surface area contributed by atoms with E-state index in [1.807, 2.05) is 0 Å². The fourth-order valence-electron chi connectivity index (χ4n) is 0.0645. The molecule has 0 rings (SSSR count). The van der Waals surface area contributed by atoms with Gasteiger partial charge in [-0.3, -0.25) is 0 Å². The van der Waals surface area contributed by atoms with Crippen LogP contribution in [0.2, 0.25) is 0 Å². The van der Waals surface area contributed by atoms with Crippen LogP contribution in [0.3, 0.4) is 0 Å². The van der Waals surface area contributed by atoms with Crippen molar-refractivity contribution in [1.82, 2.24) is 0 Å². The van der Waals surface area contributed by atoms with E-state index in [9.17, 15) is 4.79 Å². The standard InChI is InChI=1S/C3H6O3.Na.H/c1-6-3(5)2-4;;/h4H,2H2,1H3;;. The van der Waals surface area contributed by atoms with Gasteiger partial charge in [0.15, 0.2) is 0 Å². The Kier molecular flexibility index (Phi) is 9.57. The average Bonchev–Trinajstić information content (AvgIpc) is 1.65. The Hall–Kier alpha value is 0.430. The van der Waals surface area contributed by atoms with Gasteiger partial charge >= 0.3 is 35.5 Å². The first-order chi connectivity index (χ1) is 2.81. The Labute approximate surface area is 64.0 Å². The molecule has 38 valence electrons. The Morgan fingerprint density at radius 3 is 2.29 bits per heavy atom. The number of aliphatic hydroxyl groups is 1. The molecule has 0 amide bonds. The first-order valence-electron chi connectivity index (χ1n) is 1.49. The van der Waals surface area contributed by atoms with Crippen molar-refractivity contribution >= 4 is 35.5 Å². The summed E-state index contributed by atoms with van der Waals surface area (Å²) in [6.45, 7) is -0.531. The quantitative estimate of drug-likeness (QED) is 0.333. The minimum atomic E-state index is -0.602. The van der Waals surface area contributed by atoms with E-state index in [2.05, 4.69) is 4.74 Å². The van der Waals surface area contributed by atoms with Crippen LogP contribution in [0.15, 0.2) is 0 Å². The Morgan fingerprint density at radius 1 is 1.86 bits per heavy atom. The molecule has 0 bridgehead atoms. The summed E-state index contributed by atoms with van der Waals surface area (Å²) in [5.74, 6) is -0.602. The predicted octanol–water partition coefficient (Wildman–Crippen LogP) is -1.50. The van der Waals surface area contributed by atoms with Gasteiger partial charge in [0.2, 0.25) is 0 Å². The van der Waals surface area contributed by atoms with Gasteiger partial charge in [0.1, 0.15) is 6.61 Å². The molecule has 0 radical (unpaired) electrons. The molecule has 0 aromatic rings. The molecule has 0 saturated carbocycles. The van der Waals surface area contributed by atoms with E-state index in [4.69, 9.17) is 5.11 Å². The SMILES string of the molecule is COC(=O)CO.[NaH]. The van der Waals surface area contributed by atoms with Crippen molar-refractivity contribution in [2.75, 3.05) is 13.7 Å². The van der Waals surface area contributed by atoms with E-state index in [1.165, 1.54) is 7.11 Å². The van der Waals surface area contributed by atoms with Crippen LogP contribution >= 0.6 is 0 Å². The van der Waals surface area contributed by atoms with E-state index < -0.39 is 12.6 Å². The number of hydrogen-bond donors (Lipinski definition) is 1. The Bertz CT molecular complexity index is 48.1. The Balaban J connectivity index is 0. The molecule has 0 aliphatic rings. The Morgan fingerprint density at radius 2 is 2.29 bits per heavy atom. The van der Waals surface area contributed by atoms with Crippen molar-refractivity contribution in [3.8, 4) is 0 Å². The molecule has 3 nitrogen and oxygen atoms in total. The van der Waals surface area contributed by atoms with Gasteiger partial charge < -0.3 is 9.84 Å². The van der Waals surface area contributed by atoms with Gasteiger partial charge in [0.25, 0.3) is 0 Å². The topological polar surface area (TPSA) is 46.5 Å². The summed E-state index contributed by atoms with van der Waals surface area (Å²) in [6.07, 6.45) is 0. The molecule has 0 aliphatic carbocycles. The molecule has 0 unspecified atom stereocenters. The molecule has 0 atom stereocenters. The van der Waals surface area contributed by atoms with Crippen LogP contribution in [0.1, 0.15) is 0 Å². The summed E-state index contributed by atoms with van der Waals surface area (Å²) in [5.41, 5.74) is 0. The van der Waals surface area contributed by atoms with Gasteiger partial charge in [-0.05, 0) is 0 Å². The van der Waals surface area contributed by atoms with Crippen molar-refractivity contribution in [2.24, 2.45) is 0 Å². The van der Waals surface area contributed by atoms with E-state index in [0.717, 1.165) is 0 Å². The third-order valence-corrected chi connectivity index (χ3v) is 0.357. The van der Waals surface area contributed by atoms with Gasteiger partial charge in [-0.15, -0.1) is 0 Å². The molecule has 0 saturated heterocycles. The first kappa shape index (κ1) is 10.4. The molecule has 0 aromatic carbocycles. The third-order valence-electron chi connectivity index (χ3n) is 0.357. The van der Waals surface area contributed by atoms with Crippen molar-refractivity contribution < 1.29 is 14.6 Å². The molecule has 0 aliphatic heterocycles. The number of hydrogen-bond acceptors (Lipinski definition) is 3. The number of esters is 1. The second-order valence-corrected chi connectivity index (χ2v) is 0.734. The van der Waals surface area contributed by atoms with Crippen LogP contribution in [0.25, 0.3) is 0 Å². The van der Waals surface area contributed by atoms with E-state index in [0.29, 0.717) is 0 Å². The molecule has 7 heavy (non-hydrogen) atoms. The van der Waals surface area contributed by atoms with Crippen LogP contribution in [-0.2, 0) is 9.53 Å². The number of aliphatic hydroxyl groups excluding tert-OH is 1. The normalized spacial score (nSPS) is 6.57. The molecule has 0 heterocycles. The van der Waals surface area contributed by atoms with Gasteiger partial charge in [0.05, 0.1) is 7.11 Å². The first-order valence-corrected chi connectivity index (χ1v) is 1.49. The number of carbonyl (C=O) groups excluding carboxylic acids is 1. The van der Waals surface area contributed by atoms with E-state index in [-0.39, 0.29) is 29.6 Å². The van der Waals surface area contributed by atoms with Crippen LogP contribution < -0.4 is 0 Å². The number of methoxy groups -OCH3 is 1. The number of carbonyl (C=O) groups is 1. The van der Waals surface area contributed by atoms with Gasteiger partial charge in [-0.25, -0.2) is 4.79 Å². The molecule has 0 spiro atoms. The minimum absolute atomic E-state index is 0. The summed E-state index contributed by atoms with van der Waals surface area (Å²) in [7, 11) is 1.22. The van der Waals surface area contributed by atoms with Crippen molar-refractivity contribution in [1.29, 1.82) is 0 Å². The molecular formula is C3H7NaO3. The van der Waals surface area contributed by atoms with Crippen molar-refractivity contribution in [3.63, 3.8) is 0 Å². The van der Waals surface area contributed by atoms with Crippen LogP contribution in [0.5, 0.6) is 0 Å². The van der Waals surface area contributed by atoms with Crippen molar-refractivity contribution in [3.05, 3.63) is 0 Å². The maximum absolute atomic E-state index is 9.71. The zero-order valence-electron chi connectivity index (χ0n) is 3.47. The molecule has 1 N–H and O–H groups in total. The zero-order valence-corrected chi connectivity index (χ0v) is 3.47. The van der Waals surface area contributed by atoms with Crippen LogP contribution in [0.4, 0.5) is 0 Å². The number of ether oxygens (including phenoxy) is 1. The summed E-state index contributed by atoms with van der Waals surface area (Å²) in [6, 6.07) is 0. The van der Waals surface area contributed by atoms with E-state index in [1.54, 1.807) is 0 Å². The second-order valence-electron chi connectivity index (χ2n) is 0.734. The zero-order chi connectivity index (χ0) is 4.99.